The number of hydrogen-bond donors (Lipinski definition) is 1. The lowest BCUT2D eigenvalue weighted by molar-refractivity contribution is -0.124. The number of benzene rings is 2. The maximum atomic E-state index is 13.5. The van der Waals surface area contributed by atoms with Gasteiger partial charge >= 0.3 is 0 Å². The Morgan fingerprint density at radius 1 is 0.935 bits per heavy atom. The van der Waals surface area contributed by atoms with Gasteiger partial charge in [0.15, 0.2) is 0 Å². The molecule has 156 valence electrons. The molecule has 3 fully saturated rings. The predicted molar refractivity (Wildman–Crippen MR) is 117 cm³/mol. The van der Waals surface area contributed by atoms with Gasteiger partial charge in [0.1, 0.15) is 0 Å². The summed E-state index contributed by atoms with van der Waals surface area (Å²) in [6, 6.07) is 14.6. The van der Waals surface area contributed by atoms with Crippen molar-refractivity contribution in [3.8, 4) is 0 Å². The number of hydrogen-bond acceptors (Lipinski definition) is 3. The smallest absolute Gasteiger partial charge is 0.257 e. The number of allylic oxidation sites excluding steroid dienone is 2. The second kappa shape index (κ2) is 6.64. The summed E-state index contributed by atoms with van der Waals surface area (Å²) in [5, 5.41) is 2.98. The maximum absolute atomic E-state index is 13.5. The minimum absolute atomic E-state index is 0.145. The molecule has 5 nitrogen and oxygen atoms in total. The summed E-state index contributed by atoms with van der Waals surface area (Å²) in [4.78, 5) is 41.5. The molecular formula is C26H24N2O3. The first-order chi connectivity index (χ1) is 15.1. The minimum Gasteiger partial charge on any atom is -0.322 e. The molecule has 3 amide bonds. The van der Waals surface area contributed by atoms with Crippen LogP contribution in [0, 0.1) is 35.5 Å². The van der Waals surface area contributed by atoms with E-state index in [0.29, 0.717) is 23.1 Å². The Balaban J connectivity index is 1.35. The third-order valence-electron chi connectivity index (χ3n) is 7.70. The molecule has 0 spiro atoms. The molecule has 31 heavy (non-hydrogen) atoms. The number of amides is 3. The summed E-state index contributed by atoms with van der Waals surface area (Å²) < 4.78 is 0. The Morgan fingerprint density at radius 2 is 1.55 bits per heavy atom. The fourth-order valence-electron chi connectivity index (χ4n) is 6.20. The van der Waals surface area contributed by atoms with Crippen LogP contribution in [0.25, 0.3) is 0 Å². The van der Waals surface area contributed by atoms with Crippen LogP contribution < -0.4 is 10.2 Å². The van der Waals surface area contributed by atoms with E-state index in [-0.39, 0.29) is 41.4 Å². The van der Waals surface area contributed by atoms with E-state index in [9.17, 15) is 14.4 Å². The quantitative estimate of drug-likeness (QED) is 0.608. The van der Waals surface area contributed by atoms with Gasteiger partial charge in [0.25, 0.3) is 5.91 Å². The molecule has 7 rings (SSSR count). The second-order valence-electron chi connectivity index (χ2n) is 9.15. The minimum atomic E-state index is -0.309. The van der Waals surface area contributed by atoms with Crippen molar-refractivity contribution in [1.82, 2.24) is 0 Å². The monoisotopic (exact) mass is 412 g/mol. The van der Waals surface area contributed by atoms with Crippen molar-refractivity contribution in [3.05, 3.63) is 71.8 Å². The van der Waals surface area contributed by atoms with Crippen molar-refractivity contribution in [2.75, 3.05) is 10.2 Å². The first-order valence-corrected chi connectivity index (χ1v) is 11.1. The van der Waals surface area contributed by atoms with Crippen molar-refractivity contribution < 1.29 is 14.4 Å². The molecule has 1 aliphatic heterocycles. The van der Waals surface area contributed by atoms with E-state index in [1.165, 1.54) is 4.90 Å². The number of carbonyl (C=O) groups excluding carboxylic acids is 3. The Hall–Kier alpha value is -3.21. The van der Waals surface area contributed by atoms with E-state index in [2.05, 4.69) is 17.5 Å². The largest absolute Gasteiger partial charge is 0.322 e. The molecule has 2 aromatic rings. The van der Waals surface area contributed by atoms with Crippen molar-refractivity contribution in [3.63, 3.8) is 0 Å². The van der Waals surface area contributed by atoms with Crippen LogP contribution in [0.5, 0.6) is 0 Å². The first-order valence-electron chi connectivity index (χ1n) is 11.1. The van der Waals surface area contributed by atoms with Gasteiger partial charge in [0.05, 0.1) is 23.1 Å². The van der Waals surface area contributed by atoms with Crippen molar-refractivity contribution in [2.45, 2.75) is 19.8 Å². The van der Waals surface area contributed by atoms with Gasteiger partial charge in [-0.15, -0.1) is 0 Å². The number of aryl methyl sites for hydroxylation is 1. The zero-order chi connectivity index (χ0) is 21.3. The third kappa shape index (κ3) is 2.59. The number of carbonyl (C=O) groups is 3. The zero-order valence-corrected chi connectivity index (χ0v) is 17.3. The van der Waals surface area contributed by atoms with Gasteiger partial charge in [0.2, 0.25) is 11.8 Å². The van der Waals surface area contributed by atoms with Gasteiger partial charge in [-0.25, -0.2) is 4.90 Å². The fourth-order valence-corrected chi connectivity index (χ4v) is 6.20. The Morgan fingerprint density at radius 3 is 2.23 bits per heavy atom. The van der Waals surface area contributed by atoms with Gasteiger partial charge < -0.3 is 5.32 Å². The van der Waals surface area contributed by atoms with Crippen molar-refractivity contribution >= 4 is 29.1 Å². The van der Waals surface area contributed by atoms with E-state index in [1.54, 1.807) is 24.3 Å². The molecule has 5 heteroatoms. The SMILES string of the molecule is CCc1ccccc1NC(=O)c1ccccc1N1C(=O)[C@@H]2[C@H]3C=C[C@@H]([C@@H]4C[C@@H]34)[C@@H]2C1=O. The highest BCUT2D eigenvalue weighted by atomic mass is 16.2. The highest BCUT2D eigenvalue weighted by Gasteiger charge is 2.67. The lowest BCUT2D eigenvalue weighted by Crippen LogP contribution is -2.40. The topological polar surface area (TPSA) is 66.5 Å². The van der Waals surface area contributed by atoms with E-state index >= 15 is 0 Å². The lowest BCUT2D eigenvalue weighted by Gasteiger charge is -2.37. The van der Waals surface area contributed by atoms with Crippen LogP contribution in [-0.2, 0) is 16.0 Å². The molecular weight excluding hydrogens is 388 g/mol. The molecule has 1 N–H and O–H groups in total. The van der Waals surface area contributed by atoms with Gasteiger partial charge in [-0.05, 0) is 60.3 Å². The van der Waals surface area contributed by atoms with E-state index in [1.807, 2.05) is 31.2 Å². The zero-order valence-electron chi connectivity index (χ0n) is 17.3. The number of nitrogens with zero attached hydrogens (tertiary/aromatic N) is 1. The van der Waals surface area contributed by atoms with Gasteiger partial charge in [-0.3, -0.25) is 14.4 Å². The molecule has 6 atom stereocenters. The summed E-state index contributed by atoms with van der Waals surface area (Å²) in [5.41, 5.74) is 2.53. The fraction of sp³-hybridized carbons (Fsp3) is 0.346. The van der Waals surface area contributed by atoms with Crippen LogP contribution in [-0.4, -0.2) is 17.7 Å². The van der Waals surface area contributed by atoms with Crippen molar-refractivity contribution in [2.24, 2.45) is 35.5 Å². The average molecular weight is 412 g/mol. The summed E-state index contributed by atoms with van der Waals surface area (Å²) in [5.74, 6) is 0.289. The molecule has 4 aliphatic carbocycles. The van der Waals surface area contributed by atoms with Crippen LogP contribution in [0.15, 0.2) is 60.7 Å². The average Bonchev–Trinajstić information content (AvgIpc) is 3.57. The Kier molecular flexibility index (Phi) is 3.98. The van der Waals surface area contributed by atoms with Crippen LogP contribution in [0.4, 0.5) is 11.4 Å². The molecule has 0 radical (unpaired) electrons. The van der Waals surface area contributed by atoms with Crippen LogP contribution in [0.1, 0.15) is 29.3 Å². The van der Waals surface area contributed by atoms with Gasteiger partial charge in [0, 0.05) is 5.69 Å². The summed E-state index contributed by atoms with van der Waals surface area (Å²) in [6.45, 7) is 2.04. The molecule has 2 saturated carbocycles. The number of anilines is 2. The van der Waals surface area contributed by atoms with Crippen molar-refractivity contribution in [1.29, 1.82) is 0 Å². The molecule has 2 bridgehead atoms. The maximum Gasteiger partial charge on any atom is 0.257 e. The van der Waals surface area contributed by atoms with Crippen LogP contribution in [0.3, 0.4) is 0 Å². The summed E-state index contributed by atoms with van der Waals surface area (Å²) >= 11 is 0. The predicted octanol–water partition coefficient (Wildman–Crippen LogP) is 4.06. The number of nitrogens with one attached hydrogen (secondary N) is 1. The summed E-state index contributed by atoms with van der Waals surface area (Å²) in [7, 11) is 0. The second-order valence-corrected chi connectivity index (χ2v) is 9.15. The third-order valence-corrected chi connectivity index (χ3v) is 7.70. The number of imide groups is 1. The summed E-state index contributed by atoms with van der Waals surface area (Å²) in [6.07, 6.45) is 6.25. The molecule has 2 aromatic carbocycles. The van der Waals surface area contributed by atoms with E-state index in [4.69, 9.17) is 0 Å². The van der Waals surface area contributed by atoms with Crippen LogP contribution >= 0.6 is 0 Å². The first kappa shape index (κ1) is 18.6. The van der Waals surface area contributed by atoms with E-state index in [0.717, 1.165) is 24.1 Å². The molecule has 0 unspecified atom stereocenters. The highest BCUT2D eigenvalue weighted by molar-refractivity contribution is 6.25. The molecule has 5 aliphatic rings. The number of rotatable bonds is 4. The molecule has 0 aromatic heterocycles. The normalized spacial score (nSPS) is 32.1. The van der Waals surface area contributed by atoms with E-state index < -0.39 is 0 Å². The van der Waals surface area contributed by atoms with Gasteiger partial charge in [-0.1, -0.05) is 49.4 Å². The highest BCUT2D eigenvalue weighted by Crippen LogP contribution is 2.65. The molecule has 1 heterocycles. The lowest BCUT2D eigenvalue weighted by atomic mass is 9.63. The van der Waals surface area contributed by atoms with Crippen LogP contribution in [0.2, 0.25) is 0 Å². The number of para-hydroxylation sites is 2. The Labute approximate surface area is 181 Å². The van der Waals surface area contributed by atoms with Gasteiger partial charge in [-0.2, -0.15) is 0 Å². The molecule has 1 saturated heterocycles. The Bertz CT molecular complexity index is 1120. The standard InChI is InChI=1S/C26H24N2O3/c1-2-14-7-3-5-9-20(14)27-24(29)17-8-4-6-10-21(17)28-25(30)22-15-11-12-16(19-13-18(15)19)23(22)26(28)31/h3-12,15-16,18-19,22-23H,2,13H2,1H3,(H,27,29)/t15-,16-,18-,19-,22-,23+/m0/s1.